The van der Waals surface area contributed by atoms with Crippen molar-refractivity contribution in [2.45, 2.75) is 32.6 Å². The second kappa shape index (κ2) is 8.30. The van der Waals surface area contributed by atoms with Gasteiger partial charge in [-0.2, -0.15) is 0 Å². The lowest BCUT2D eigenvalue weighted by Crippen LogP contribution is -2.40. The van der Waals surface area contributed by atoms with Crippen molar-refractivity contribution in [3.8, 4) is 0 Å². The molecule has 114 valence electrons. The van der Waals surface area contributed by atoms with Crippen molar-refractivity contribution in [1.82, 2.24) is 10.2 Å². The lowest BCUT2D eigenvalue weighted by molar-refractivity contribution is 0.157. The normalized spacial score (nSPS) is 27.1. The average Bonchev–Trinajstić information content (AvgIpc) is 2.93. The van der Waals surface area contributed by atoms with E-state index in [9.17, 15) is 0 Å². The summed E-state index contributed by atoms with van der Waals surface area (Å²) in [5, 5.41) is 3.44. The molecule has 2 atom stereocenters. The van der Waals surface area contributed by atoms with Crippen LogP contribution >= 0.6 is 0 Å². The van der Waals surface area contributed by atoms with Crippen molar-refractivity contribution in [2.75, 3.05) is 39.9 Å². The molecule has 2 aliphatic rings. The number of aliphatic imine (C=N–C) groups is 1. The first kappa shape index (κ1) is 15.4. The molecule has 1 N–H and O–H groups in total. The number of methoxy groups -OCH3 is 1. The van der Waals surface area contributed by atoms with Crippen molar-refractivity contribution < 1.29 is 4.74 Å². The summed E-state index contributed by atoms with van der Waals surface area (Å²) in [6.07, 6.45) is 9.50. The smallest absolute Gasteiger partial charge is 0.193 e. The number of guanidine groups is 1. The van der Waals surface area contributed by atoms with Crippen LogP contribution in [0.3, 0.4) is 0 Å². The minimum Gasteiger partial charge on any atom is -0.384 e. The maximum Gasteiger partial charge on any atom is 0.193 e. The Morgan fingerprint density at radius 1 is 1.35 bits per heavy atom. The van der Waals surface area contributed by atoms with Gasteiger partial charge in [-0.25, -0.2) is 0 Å². The summed E-state index contributed by atoms with van der Waals surface area (Å²) >= 11 is 0. The van der Waals surface area contributed by atoms with Gasteiger partial charge in [0.2, 0.25) is 0 Å². The van der Waals surface area contributed by atoms with Crippen LogP contribution in [0.2, 0.25) is 0 Å². The Morgan fingerprint density at radius 3 is 2.95 bits per heavy atom. The molecule has 0 radical (unpaired) electrons. The van der Waals surface area contributed by atoms with E-state index in [4.69, 9.17) is 9.73 Å². The van der Waals surface area contributed by atoms with Gasteiger partial charge in [0, 0.05) is 39.2 Å². The standard InChI is InChI=1S/C16H29N3O/c1-3-17-16(18-11-14-7-5-4-6-8-14)19-10-9-15(12-19)13-20-2/h4-5,14-15H,3,6-13H2,1-2H3,(H,17,18). The van der Waals surface area contributed by atoms with E-state index in [1.54, 1.807) is 7.11 Å². The van der Waals surface area contributed by atoms with Gasteiger partial charge in [-0.3, -0.25) is 4.99 Å². The van der Waals surface area contributed by atoms with Gasteiger partial charge >= 0.3 is 0 Å². The fourth-order valence-electron chi connectivity index (χ4n) is 3.06. The molecule has 2 rings (SSSR count). The quantitative estimate of drug-likeness (QED) is 0.476. The zero-order chi connectivity index (χ0) is 14.2. The van der Waals surface area contributed by atoms with E-state index in [-0.39, 0.29) is 0 Å². The van der Waals surface area contributed by atoms with Crippen molar-refractivity contribution in [3.05, 3.63) is 12.2 Å². The van der Waals surface area contributed by atoms with Gasteiger partial charge in [0.1, 0.15) is 0 Å². The van der Waals surface area contributed by atoms with Crippen LogP contribution in [0.25, 0.3) is 0 Å². The van der Waals surface area contributed by atoms with Gasteiger partial charge < -0.3 is 15.0 Å². The van der Waals surface area contributed by atoms with Gasteiger partial charge in [-0.15, -0.1) is 0 Å². The summed E-state index contributed by atoms with van der Waals surface area (Å²) in [6, 6.07) is 0. The Labute approximate surface area is 123 Å². The number of hydrogen-bond donors (Lipinski definition) is 1. The van der Waals surface area contributed by atoms with E-state index < -0.39 is 0 Å². The Kier molecular flexibility index (Phi) is 6.37. The molecule has 1 aliphatic carbocycles. The molecule has 0 amide bonds. The first-order chi connectivity index (χ1) is 9.83. The second-order valence-electron chi connectivity index (χ2n) is 5.90. The molecule has 20 heavy (non-hydrogen) atoms. The Hall–Kier alpha value is -1.03. The Bertz CT molecular complexity index is 341. The topological polar surface area (TPSA) is 36.9 Å². The molecule has 2 unspecified atom stereocenters. The first-order valence-corrected chi connectivity index (χ1v) is 8.00. The predicted octanol–water partition coefficient (Wildman–Crippen LogP) is 2.28. The summed E-state index contributed by atoms with van der Waals surface area (Å²) in [6.45, 7) is 7.08. The molecule has 1 aliphatic heterocycles. The van der Waals surface area contributed by atoms with Crippen LogP contribution in [-0.2, 0) is 4.74 Å². The van der Waals surface area contributed by atoms with E-state index in [0.717, 1.165) is 44.7 Å². The zero-order valence-electron chi connectivity index (χ0n) is 13.0. The summed E-state index contributed by atoms with van der Waals surface area (Å²) in [5.74, 6) is 2.48. The summed E-state index contributed by atoms with van der Waals surface area (Å²) in [5.41, 5.74) is 0. The maximum absolute atomic E-state index is 5.27. The number of allylic oxidation sites excluding steroid dienone is 2. The highest BCUT2D eigenvalue weighted by atomic mass is 16.5. The fourth-order valence-corrected chi connectivity index (χ4v) is 3.06. The number of hydrogen-bond acceptors (Lipinski definition) is 2. The average molecular weight is 279 g/mol. The molecule has 1 heterocycles. The van der Waals surface area contributed by atoms with Gasteiger partial charge in [-0.05, 0) is 38.5 Å². The molecular weight excluding hydrogens is 250 g/mol. The number of likely N-dealkylation sites (tertiary alicyclic amines) is 1. The van der Waals surface area contributed by atoms with Crippen molar-refractivity contribution in [2.24, 2.45) is 16.8 Å². The molecule has 0 aromatic carbocycles. The van der Waals surface area contributed by atoms with E-state index in [1.165, 1.54) is 25.7 Å². The van der Waals surface area contributed by atoms with E-state index in [2.05, 4.69) is 29.3 Å². The van der Waals surface area contributed by atoms with Crippen LogP contribution in [0.5, 0.6) is 0 Å². The van der Waals surface area contributed by atoms with E-state index in [0.29, 0.717) is 5.92 Å². The van der Waals surface area contributed by atoms with E-state index in [1.807, 2.05) is 0 Å². The molecule has 1 fully saturated rings. The summed E-state index contributed by atoms with van der Waals surface area (Å²) < 4.78 is 5.27. The minimum atomic E-state index is 0.654. The van der Waals surface area contributed by atoms with Crippen LogP contribution in [0.4, 0.5) is 0 Å². The monoisotopic (exact) mass is 279 g/mol. The summed E-state index contributed by atoms with van der Waals surface area (Å²) in [4.78, 5) is 7.27. The fraction of sp³-hybridized carbons (Fsp3) is 0.812. The molecular formula is C16H29N3O. The lowest BCUT2D eigenvalue weighted by Gasteiger charge is -2.23. The highest BCUT2D eigenvalue weighted by molar-refractivity contribution is 5.80. The molecule has 4 nitrogen and oxygen atoms in total. The first-order valence-electron chi connectivity index (χ1n) is 8.00. The molecule has 4 heteroatoms. The SMILES string of the molecule is CCNC(=NCC1CC=CCC1)N1CCC(COC)C1. The van der Waals surface area contributed by atoms with Crippen LogP contribution in [-0.4, -0.2) is 50.8 Å². The van der Waals surface area contributed by atoms with Gasteiger partial charge in [-0.1, -0.05) is 12.2 Å². The molecule has 0 aromatic heterocycles. The molecule has 0 aromatic rings. The Balaban J connectivity index is 1.87. The van der Waals surface area contributed by atoms with Crippen LogP contribution < -0.4 is 5.32 Å². The maximum atomic E-state index is 5.27. The van der Waals surface area contributed by atoms with Gasteiger partial charge in [0.25, 0.3) is 0 Å². The zero-order valence-corrected chi connectivity index (χ0v) is 13.0. The Morgan fingerprint density at radius 2 is 2.25 bits per heavy atom. The van der Waals surface area contributed by atoms with Crippen LogP contribution in [0.15, 0.2) is 17.1 Å². The number of rotatable bonds is 5. The third-order valence-corrected chi connectivity index (χ3v) is 4.20. The van der Waals surface area contributed by atoms with Crippen LogP contribution in [0, 0.1) is 11.8 Å². The largest absolute Gasteiger partial charge is 0.384 e. The molecule has 0 spiro atoms. The minimum absolute atomic E-state index is 0.654. The number of nitrogens with one attached hydrogen (secondary N) is 1. The van der Waals surface area contributed by atoms with Crippen molar-refractivity contribution >= 4 is 5.96 Å². The lowest BCUT2D eigenvalue weighted by atomic mass is 9.95. The van der Waals surface area contributed by atoms with Crippen LogP contribution in [0.1, 0.15) is 32.6 Å². The van der Waals surface area contributed by atoms with Crippen molar-refractivity contribution in [3.63, 3.8) is 0 Å². The highest BCUT2D eigenvalue weighted by Gasteiger charge is 2.24. The molecule has 0 bridgehead atoms. The number of nitrogens with zero attached hydrogens (tertiary/aromatic N) is 2. The molecule has 0 saturated carbocycles. The second-order valence-corrected chi connectivity index (χ2v) is 5.90. The summed E-state index contributed by atoms with van der Waals surface area (Å²) in [7, 11) is 1.79. The predicted molar refractivity (Wildman–Crippen MR) is 84.0 cm³/mol. The third-order valence-electron chi connectivity index (χ3n) is 4.20. The highest BCUT2D eigenvalue weighted by Crippen LogP contribution is 2.19. The molecule has 1 saturated heterocycles. The van der Waals surface area contributed by atoms with Crippen molar-refractivity contribution in [1.29, 1.82) is 0 Å². The van der Waals surface area contributed by atoms with Gasteiger partial charge in [0.15, 0.2) is 5.96 Å². The van der Waals surface area contributed by atoms with E-state index >= 15 is 0 Å². The third kappa shape index (κ3) is 4.51. The number of ether oxygens (including phenoxy) is 1. The van der Waals surface area contributed by atoms with Gasteiger partial charge in [0.05, 0.1) is 6.61 Å².